The molecule has 118 valence electrons. The van der Waals surface area contributed by atoms with E-state index < -0.39 is 0 Å². The fourth-order valence-corrected chi connectivity index (χ4v) is 3.84. The minimum atomic E-state index is 0.141. The normalized spacial score (nSPS) is 31.0. The van der Waals surface area contributed by atoms with Crippen LogP contribution in [0.3, 0.4) is 0 Å². The molecule has 0 bridgehead atoms. The van der Waals surface area contributed by atoms with Gasteiger partial charge in [0.1, 0.15) is 24.4 Å². The second-order valence-corrected chi connectivity index (χ2v) is 6.79. The van der Waals surface area contributed by atoms with Crippen LogP contribution in [0.5, 0.6) is 0 Å². The molecule has 3 heteroatoms. The van der Waals surface area contributed by atoms with E-state index in [9.17, 15) is 0 Å². The molecule has 0 aliphatic carbocycles. The molecule has 0 saturated carbocycles. The van der Waals surface area contributed by atoms with Gasteiger partial charge in [0.2, 0.25) is 0 Å². The molecular weight excluding hydrogens is 288 g/mol. The predicted octanol–water partition coefficient (Wildman–Crippen LogP) is 3.88. The molecule has 0 amide bonds. The minimum Gasteiger partial charge on any atom is -0.376 e. The standard InChI is InChI=1S/C20H20O3/c1-11-8-14(13-6-4-3-5-7-13)18-17(12(11)2)19-15(22-19)9-21-10-16-20(18)23-16/h3-8,15-16,19-20H,9-10H2,1-2H3. The van der Waals surface area contributed by atoms with E-state index in [0.717, 1.165) is 0 Å². The fraction of sp³-hybridized carbons (Fsp3) is 0.400. The van der Waals surface area contributed by atoms with E-state index in [0.29, 0.717) is 13.2 Å². The molecule has 2 fully saturated rings. The molecule has 3 aliphatic rings. The van der Waals surface area contributed by atoms with Gasteiger partial charge in [-0.3, -0.25) is 0 Å². The van der Waals surface area contributed by atoms with Crippen LogP contribution < -0.4 is 0 Å². The highest BCUT2D eigenvalue weighted by Gasteiger charge is 2.51. The zero-order valence-electron chi connectivity index (χ0n) is 13.4. The van der Waals surface area contributed by atoms with Crippen molar-refractivity contribution < 1.29 is 14.2 Å². The third-order valence-corrected chi connectivity index (χ3v) is 5.32. The summed E-state index contributed by atoms with van der Waals surface area (Å²) in [6.45, 7) is 5.73. The monoisotopic (exact) mass is 308 g/mol. The van der Waals surface area contributed by atoms with E-state index >= 15 is 0 Å². The number of epoxide rings is 2. The Morgan fingerprint density at radius 3 is 2.22 bits per heavy atom. The van der Waals surface area contributed by atoms with Gasteiger partial charge in [-0.05, 0) is 47.2 Å². The number of aryl methyl sites for hydroxylation is 1. The Balaban J connectivity index is 1.76. The van der Waals surface area contributed by atoms with E-state index in [1.165, 1.54) is 33.4 Å². The molecule has 2 aromatic carbocycles. The molecule has 4 unspecified atom stereocenters. The molecule has 0 N–H and O–H groups in total. The molecule has 3 aliphatic heterocycles. The summed E-state index contributed by atoms with van der Waals surface area (Å²) in [4.78, 5) is 0. The highest BCUT2D eigenvalue weighted by molar-refractivity contribution is 5.73. The van der Waals surface area contributed by atoms with E-state index in [-0.39, 0.29) is 24.4 Å². The van der Waals surface area contributed by atoms with Gasteiger partial charge in [-0.1, -0.05) is 36.4 Å². The van der Waals surface area contributed by atoms with Crippen LogP contribution in [0.1, 0.15) is 34.5 Å². The Bertz CT molecular complexity index is 768. The lowest BCUT2D eigenvalue weighted by Gasteiger charge is -2.18. The number of hydrogen-bond acceptors (Lipinski definition) is 3. The Morgan fingerprint density at radius 1 is 0.870 bits per heavy atom. The van der Waals surface area contributed by atoms with Crippen molar-refractivity contribution in [2.45, 2.75) is 38.3 Å². The minimum absolute atomic E-state index is 0.141. The number of rotatable bonds is 1. The summed E-state index contributed by atoms with van der Waals surface area (Å²) in [7, 11) is 0. The molecule has 0 aromatic heterocycles. The lowest BCUT2D eigenvalue weighted by atomic mass is 9.85. The van der Waals surface area contributed by atoms with Crippen LogP contribution in [0.2, 0.25) is 0 Å². The van der Waals surface area contributed by atoms with Crippen molar-refractivity contribution in [2.75, 3.05) is 13.2 Å². The maximum Gasteiger partial charge on any atom is 0.113 e. The second-order valence-electron chi connectivity index (χ2n) is 6.79. The highest BCUT2D eigenvalue weighted by atomic mass is 16.6. The summed E-state index contributed by atoms with van der Waals surface area (Å²) in [6, 6.07) is 12.9. The van der Waals surface area contributed by atoms with Crippen LogP contribution in [0.4, 0.5) is 0 Å². The van der Waals surface area contributed by atoms with Gasteiger partial charge in [0, 0.05) is 0 Å². The van der Waals surface area contributed by atoms with Crippen LogP contribution >= 0.6 is 0 Å². The summed E-state index contributed by atoms with van der Waals surface area (Å²) < 4.78 is 17.7. The first-order chi connectivity index (χ1) is 11.2. The van der Waals surface area contributed by atoms with Gasteiger partial charge in [0.05, 0.1) is 13.2 Å². The number of hydrogen-bond donors (Lipinski definition) is 0. The Labute approximate surface area is 136 Å². The van der Waals surface area contributed by atoms with Crippen LogP contribution in [-0.2, 0) is 14.2 Å². The van der Waals surface area contributed by atoms with Gasteiger partial charge in [0.15, 0.2) is 0 Å². The fourth-order valence-electron chi connectivity index (χ4n) is 3.84. The molecule has 3 heterocycles. The van der Waals surface area contributed by atoms with Crippen LogP contribution in [0.25, 0.3) is 11.1 Å². The van der Waals surface area contributed by atoms with Crippen molar-refractivity contribution in [3.63, 3.8) is 0 Å². The average Bonchev–Trinajstić information content (AvgIpc) is 3.47. The lowest BCUT2D eigenvalue weighted by molar-refractivity contribution is 0.102. The topological polar surface area (TPSA) is 34.3 Å². The summed E-state index contributed by atoms with van der Waals surface area (Å²) in [6.07, 6.45) is 0.698. The van der Waals surface area contributed by atoms with Crippen molar-refractivity contribution in [3.8, 4) is 11.1 Å². The average molecular weight is 308 g/mol. The van der Waals surface area contributed by atoms with E-state index in [1.807, 2.05) is 0 Å². The Hall–Kier alpha value is -1.68. The van der Waals surface area contributed by atoms with Gasteiger partial charge in [-0.25, -0.2) is 0 Å². The first-order valence-electron chi connectivity index (χ1n) is 8.32. The van der Waals surface area contributed by atoms with Crippen molar-refractivity contribution >= 4 is 0 Å². The van der Waals surface area contributed by atoms with Crippen LogP contribution in [0, 0.1) is 13.8 Å². The zero-order chi connectivity index (χ0) is 15.6. The Kier molecular flexibility index (Phi) is 2.93. The molecular formula is C20H20O3. The molecule has 0 radical (unpaired) electrons. The number of fused-ring (bicyclic) bond motifs is 5. The van der Waals surface area contributed by atoms with Gasteiger partial charge < -0.3 is 14.2 Å². The summed E-state index contributed by atoms with van der Waals surface area (Å²) in [5, 5.41) is 0. The maximum absolute atomic E-state index is 5.96. The van der Waals surface area contributed by atoms with E-state index in [4.69, 9.17) is 14.2 Å². The van der Waals surface area contributed by atoms with E-state index in [1.54, 1.807) is 0 Å². The first-order valence-corrected chi connectivity index (χ1v) is 8.32. The third-order valence-electron chi connectivity index (χ3n) is 5.32. The molecule has 0 spiro atoms. The quantitative estimate of drug-likeness (QED) is 0.750. The molecule has 2 aromatic rings. The van der Waals surface area contributed by atoms with Gasteiger partial charge in [-0.2, -0.15) is 0 Å². The molecule has 2 saturated heterocycles. The van der Waals surface area contributed by atoms with Gasteiger partial charge >= 0.3 is 0 Å². The summed E-state index contributed by atoms with van der Waals surface area (Å²) >= 11 is 0. The number of ether oxygens (including phenoxy) is 3. The molecule has 3 nitrogen and oxygen atoms in total. The largest absolute Gasteiger partial charge is 0.376 e. The highest BCUT2D eigenvalue weighted by Crippen LogP contribution is 2.53. The van der Waals surface area contributed by atoms with Crippen molar-refractivity contribution in [2.24, 2.45) is 0 Å². The predicted molar refractivity (Wildman–Crippen MR) is 87.4 cm³/mol. The summed E-state index contributed by atoms with van der Waals surface area (Å²) in [5.74, 6) is 0. The lowest BCUT2D eigenvalue weighted by Crippen LogP contribution is -2.06. The second kappa shape index (κ2) is 4.91. The smallest absolute Gasteiger partial charge is 0.113 e. The van der Waals surface area contributed by atoms with Crippen molar-refractivity contribution in [1.82, 2.24) is 0 Å². The summed E-state index contributed by atoms with van der Waals surface area (Å²) in [5.41, 5.74) is 7.84. The van der Waals surface area contributed by atoms with Crippen LogP contribution in [-0.4, -0.2) is 25.4 Å². The van der Waals surface area contributed by atoms with Crippen LogP contribution in [0.15, 0.2) is 36.4 Å². The molecule has 23 heavy (non-hydrogen) atoms. The SMILES string of the molecule is Cc1cc(-c2ccccc2)c2c(c1C)C1OC1COCC1OC21. The molecule has 5 rings (SSSR count). The van der Waals surface area contributed by atoms with Crippen molar-refractivity contribution in [1.29, 1.82) is 0 Å². The third kappa shape index (κ3) is 2.15. The van der Waals surface area contributed by atoms with E-state index in [2.05, 4.69) is 50.2 Å². The van der Waals surface area contributed by atoms with Gasteiger partial charge in [0.25, 0.3) is 0 Å². The maximum atomic E-state index is 5.96. The Morgan fingerprint density at radius 2 is 1.52 bits per heavy atom. The van der Waals surface area contributed by atoms with Crippen molar-refractivity contribution in [3.05, 3.63) is 58.7 Å². The molecule has 4 atom stereocenters. The first kappa shape index (κ1) is 13.7. The number of benzene rings is 2. The zero-order valence-corrected chi connectivity index (χ0v) is 13.4. The van der Waals surface area contributed by atoms with Gasteiger partial charge in [-0.15, -0.1) is 0 Å².